The molecule has 110 valence electrons. The SMILES string of the molecule is Nc1nn(CC2CN3CCC2CC3)cc1-c1ccccc1. The van der Waals surface area contributed by atoms with Gasteiger partial charge in [-0.2, -0.15) is 5.10 Å². The second-order valence-electron chi connectivity index (χ2n) is 6.41. The van der Waals surface area contributed by atoms with Crippen LogP contribution in [-0.4, -0.2) is 34.3 Å². The fraction of sp³-hybridized carbons (Fsp3) is 0.471. The predicted molar refractivity (Wildman–Crippen MR) is 84.7 cm³/mol. The molecule has 0 spiro atoms. The molecule has 1 atom stereocenters. The number of nitrogens with two attached hydrogens (primary N) is 1. The maximum atomic E-state index is 6.11. The van der Waals surface area contributed by atoms with Gasteiger partial charge in [0.15, 0.2) is 5.82 Å². The quantitative estimate of drug-likeness (QED) is 0.940. The first kappa shape index (κ1) is 12.9. The van der Waals surface area contributed by atoms with E-state index in [-0.39, 0.29) is 0 Å². The maximum Gasteiger partial charge on any atom is 0.153 e. The molecule has 5 rings (SSSR count). The number of nitrogen functional groups attached to an aromatic ring is 1. The zero-order valence-electron chi connectivity index (χ0n) is 12.3. The van der Waals surface area contributed by atoms with E-state index in [0.29, 0.717) is 5.82 Å². The normalized spacial score (nSPS) is 27.9. The van der Waals surface area contributed by atoms with E-state index >= 15 is 0 Å². The van der Waals surface area contributed by atoms with Crippen molar-refractivity contribution >= 4 is 5.82 Å². The van der Waals surface area contributed by atoms with Gasteiger partial charge in [-0.25, -0.2) is 0 Å². The lowest BCUT2D eigenvalue weighted by Crippen LogP contribution is -2.48. The highest BCUT2D eigenvalue weighted by Gasteiger charge is 2.34. The standard InChI is InChI=1S/C17H22N4/c18-17-16(14-4-2-1-3-5-14)12-21(19-17)11-15-10-20-8-6-13(15)7-9-20/h1-5,12-13,15H,6-11H2,(H2,18,19). The van der Waals surface area contributed by atoms with E-state index in [1.807, 2.05) is 18.2 Å². The molecular formula is C17H22N4. The molecule has 1 aromatic carbocycles. The van der Waals surface area contributed by atoms with Crippen molar-refractivity contribution in [3.8, 4) is 11.1 Å². The van der Waals surface area contributed by atoms with Gasteiger partial charge in [0.2, 0.25) is 0 Å². The van der Waals surface area contributed by atoms with E-state index < -0.39 is 0 Å². The fourth-order valence-electron chi connectivity index (χ4n) is 3.90. The molecular weight excluding hydrogens is 260 g/mol. The molecule has 21 heavy (non-hydrogen) atoms. The first-order valence-electron chi connectivity index (χ1n) is 7.90. The topological polar surface area (TPSA) is 47.1 Å². The van der Waals surface area contributed by atoms with Crippen LogP contribution in [0.4, 0.5) is 5.82 Å². The van der Waals surface area contributed by atoms with Crippen LogP contribution in [0.1, 0.15) is 12.8 Å². The molecule has 1 aromatic heterocycles. The van der Waals surface area contributed by atoms with Crippen molar-refractivity contribution in [2.45, 2.75) is 19.4 Å². The van der Waals surface area contributed by atoms with Crippen molar-refractivity contribution in [1.29, 1.82) is 0 Å². The number of hydrogen-bond acceptors (Lipinski definition) is 3. The summed E-state index contributed by atoms with van der Waals surface area (Å²) in [7, 11) is 0. The van der Waals surface area contributed by atoms with Gasteiger partial charge in [-0.05, 0) is 43.3 Å². The molecule has 0 radical (unpaired) electrons. The molecule has 3 saturated heterocycles. The summed E-state index contributed by atoms with van der Waals surface area (Å²) in [6.07, 6.45) is 4.82. The van der Waals surface area contributed by atoms with Crippen LogP contribution in [0.25, 0.3) is 11.1 Å². The Hall–Kier alpha value is -1.81. The molecule has 3 aliphatic heterocycles. The second-order valence-corrected chi connectivity index (χ2v) is 6.41. The molecule has 2 aromatic rings. The summed E-state index contributed by atoms with van der Waals surface area (Å²) < 4.78 is 2.06. The number of anilines is 1. The zero-order valence-corrected chi connectivity index (χ0v) is 12.3. The minimum atomic E-state index is 0.641. The molecule has 4 nitrogen and oxygen atoms in total. The molecule has 0 saturated carbocycles. The molecule has 1 unspecified atom stereocenters. The number of piperidine rings is 3. The molecule has 2 N–H and O–H groups in total. The van der Waals surface area contributed by atoms with Crippen molar-refractivity contribution in [2.24, 2.45) is 11.8 Å². The van der Waals surface area contributed by atoms with Crippen LogP contribution in [-0.2, 0) is 6.54 Å². The Balaban J connectivity index is 1.54. The van der Waals surface area contributed by atoms with Crippen LogP contribution in [0.15, 0.2) is 36.5 Å². The maximum absolute atomic E-state index is 6.11. The van der Waals surface area contributed by atoms with Crippen LogP contribution in [0, 0.1) is 11.8 Å². The molecule has 4 heteroatoms. The molecule has 2 bridgehead atoms. The van der Waals surface area contributed by atoms with Gasteiger partial charge in [-0.15, -0.1) is 0 Å². The minimum Gasteiger partial charge on any atom is -0.382 e. The van der Waals surface area contributed by atoms with Gasteiger partial charge in [0.05, 0.1) is 0 Å². The molecule has 3 fully saturated rings. The van der Waals surface area contributed by atoms with Crippen molar-refractivity contribution in [2.75, 3.05) is 25.4 Å². The van der Waals surface area contributed by atoms with E-state index in [1.54, 1.807) is 0 Å². The smallest absolute Gasteiger partial charge is 0.153 e. The highest BCUT2D eigenvalue weighted by molar-refractivity contribution is 5.72. The Bertz CT molecular complexity index is 611. The van der Waals surface area contributed by atoms with Crippen molar-refractivity contribution in [3.63, 3.8) is 0 Å². The first-order valence-corrected chi connectivity index (χ1v) is 7.90. The van der Waals surface area contributed by atoms with Gasteiger partial charge >= 0.3 is 0 Å². The molecule has 0 amide bonds. The van der Waals surface area contributed by atoms with Crippen LogP contribution in [0.5, 0.6) is 0 Å². The number of fused-ring (bicyclic) bond motifs is 3. The molecule has 3 aliphatic rings. The van der Waals surface area contributed by atoms with Gasteiger partial charge < -0.3 is 10.6 Å². The van der Waals surface area contributed by atoms with Crippen LogP contribution >= 0.6 is 0 Å². The molecule has 0 aliphatic carbocycles. The lowest BCUT2D eigenvalue weighted by Gasteiger charge is -2.44. The average Bonchev–Trinajstić information content (AvgIpc) is 2.90. The van der Waals surface area contributed by atoms with E-state index in [9.17, 15) is 0 Å². The lowest BCUT2D eigenvalue weighted by molar-refractivity contribution is 0.0406. The Morgan fingerprint density at radius 2 is 1.90 bits per heavy atom. The largest absolute Gasteiger partial charge is 0.382 e. The van der Waals surface area contributed by atoms with E-state index in [0.717, 1.165) is 29.5 Å². The van der Waals surface area contributed by atoms with Crippen LogP contribution < -0.4 is 5.73 Å². The van der Waals surface area contributed by atoms with Crippen LogP contribution in [0.3, 0.4) is 0 Å². The van der Waals surface area contributed by atoms with Gasteiger partial charge in [0, 0.05) is 24.8 Å². The van der Waals surface area contributed by atoms with Crippen molar-refractivity contribution < 1.29 is 0 Å². The number of rotatable bonds is 3. The summed E-state index contributed by atoms with van der Waals surface area (Å²) in [5.74, 6) is 2.25. The Kier molecular flexibility index (Phi) is 3.19. The van der Waals surface area contributed by atoms with Gasteiger partial charge in [0.25, 0.3) is 0 Å². The van der Waals surface area contributed by atoms with Crippen molar-refractivity contribution in [3.05, 3.63) is 36.5 Å². The Labute approximate surface area is 125 Å². The Morgan fingerprint density at radius 1 is 1.14 bits per heavy atom. The molecule has 4 heterocycles. The summed E-state index contributed by atoms with van der Waals surface area (Å²) in [6.45, 7) is 4.80. The second kappa shape index (κ2) is 5.19. The van der Waals surface area contributed by atoms with E-state index in [4.69, 9.17) is 5.73 Å². The fourth-order valence-corrected chi connectivity index (χ4v) is 3.90. The third-order valence-corrected chi connectivity index (χ3v) is 5.09. The number of nitrogens with zero attached hydrogens (tertiary/aromatic N) is 3. The third kappa shape index (κ3) is 2.44. The zero-order chi connectivity index (χ0) is 14.2. The third-order valence-electron chi connectivity index (χ3n) is 5.09. The summed E-state index contributed by atoms with van der Waals surface area (Å²) in [6, 6.07) is 10.3. The van der Waals surface area contributed by atoms with E-state index in [1.165, 1.54) is 32.5 Å². The lowest BCUT2D eigenvalue weighted by atomic mass is 9.79. The van der Waals surface area contributed by atoms with Gasteiger partial charge in [-0.3, -0.25) is 4.68 Å². The number of aromatic nitrogens is 2. The number of benzene rings is 1. The highest BCUT2D eigenvalue weighted by Crippen LogP contribution is 2.34. The summed E-state index contributed by atoms with van der Waals surface area (Å²) >= 11 is 0. The summed E-state index contributed by atoms with van der Waals surface area (Å²) in [5, 5.41) is 4.54. The monoisotopic (exact) mass is 282 g/mol. The van der Waals surface area contributed by atoms with Crippen LogP contribution in [0.2, 0.25) is 0 Å². The highest BCUT2D eigenvalue weighted by atomic mass is 15.3. The summed E-state index contributed by atoms with van der Waals surface area (Å²) in [4.78, 5) is 2.59. The van der Waals surface area contributed by atoms with E-state index in [2.05, 4.69) is 33.0 Å². The summed E-state index contributed by atoms with van der Waals surface area (Å²) in [5.41, 5.74) is 8.31. The minimum absolute atomic E-state index is 0.641. The van der Waals surface area contributed by atoms with Gasteiger partial charge in [-0.1, -0.05) is 30.3 Å². The predicted octanol–water partition coefficient (Wildman–Crippen LogP) is 2.47. The average molecular weight is 282 g/mol. The first-order chi connectivity index (χ1) is 10.3. The number of hydrogen-bond donors (Lipinski definition) is 1. The van der Waals surface area contributed by atoms with Crippen molar-refractivity contribution in [1.82, 2.24) is 14.7 Å². The Morgan fingerprint density at radius 3 is 2.57 bits per heavy atom. The van der Waals surface area contributed by atoms with Gasteiger partial charge in [0.1, 0.15) is 0 Å².